The third-order valence-corrected chi connectivity index (χ3v) is 3.34. The van der Waals surface area contributed by atoms with Crippen LogP contribution in [0, 0.1) is 0 Å². The first-order valence-corrected chi connectivity index (χ1v) is 7.06. The molecular weight excluding hydrogens is 252 g/mol. The molecule has 0 fully saturated rings. The van der Waals surface area contributed by atoms with E-state index in [1.54, 1.807) is 24.3 Å². The number of benzene rings is 1. The third-order valence-electron chi connectivity index (χ3n) is 3.34. The number of carbonyl (C=O) groups is 1. The highest BCUT2D eigenvalue weighted by molar-refractivity contribution is 5.97. The molecule has 4 nitrogen and oxygen atoms in total. The van der Waals surface area contributed by atoms with Crippen LogP contribution in [0.15, 0.2) is 30.9 Å². The standard InChI is InChI=1S/C16H24N2O2/c1-4-8-13-9-7-10-14(15(13)19)16(20)17-11-12-18(5-2)6-3/h4,7,9-10,19H,1,5-6,8,11-12H2,2-3H3,(H,17,20). The lowest BCUT2D eigenvalue weighted by molar-refractivity contribution is 0.0946. The molecule has 0 aliphatic rings. The number of rotatable bonds is 8. The number of likely N-dealkylation sites (N-methyl/N-ethyl adjacent to an activating group) is 1. The summed E-state index contributed by atoms with van der Waals surface area (Å²) < 4.78 is 0. The second kappa shape index (κ2) is 8.38. The van der Waals surface area contributed by atoms with Crippen LogP contribution in [0.5, 0.6) is 5.75 Å². The average Bonchev–Trinajstić information content (AvgIpc) is 2.46. The van der Waals surface area contributed by atoms with Crippen molar-refractivity contribution in [3.05, 3.63) is 42.0 Å². The van der Waals surface area contributed by atoms with Crippen molar-refractivity contribution in [1.82, 2.24) is 10.2 Å². The van der Waals surface area contributed by atoms with Gasteiger partial charge < -0.3 is 15.3 Å². The molecule has 0 heterocycles. The lowest BCUT2D eigenvalue weighted by atomic mass is 10.1. The van der Waals surface area contributed by atoms with E-state index in [-0.39, 0.29) is 11.7 Å². The number of phenolic OH excluding ortho intramolecular Hbond substituents is 1. The van der Waals surface area contributed by atoms with Crippen LogP contribution < -0.4 is 5.32 Å². The van der Waals surface area contributed by atoms with E-state index in [1.807, 2.05) is 0 Å². The Morgan fingerprint density at radius 3 is 2.70 bits per heavy atom. The van der Waals surface area contributed by atoms with Gasteiger partial charge in [-0.15, -0.1) is 6.58 Å². The first kappa shape index (κ1) is 16.2. The van der Waals surface area contributed by atoms with Gasteiger partial charge in [-0.3, -0.25) is 4.79 Å². The zero-order valence-electron chi connectivity index (χ0n) is 12.4. The maximum atomic E-state index is 12.1. The van der Waals surface area contributed by atoms with Crippen molar-refractivity contribution in [2.45, 2.75) is 20.3 Å². The SMILES string of the molecule is C=CCc1cccc(C(=O)NCCN(CC)CC)c1O. The number of amides is 1. The van der Waals surface area contributed by atoms with Crippen molar-refractivity contribution in [3.8, 4) is 5.75 Å². The highest BCUT2D eigenvalue weighted by Crippen LogP contribution is 2.22. The van der Waals surface area contributed by atoms with E-state index in [4.69, 9.17) is 0 Å². The van der Waals surface area contributed by atoms with E-state index in [2.05, 4.69) is 30.6 Å². The fraction of sp³-hybridized carbons (Fsp3) is 0.438. The molecule has 0 saturated heterocycles. The summed E-state index contributed by atoms with van der Waals surface area (Å²) >= 11 is 0. The van der Waals surface area contributed by atoms with Crippen molar-refractivity contribution in [2.75, 3.05) is 26.2 Å². The fourth-order valence-corrected chi connectivity index (χ4v) is 2.06. The molecule has 0 atom stereocenters. The Morgan fingerprint density at radius 1 is 1.40 bits per heavy atom. The van der Waals surface area contributed by atoms with Crippen LogP contribution >= 0.6 is 0 Å². The molecule has 0 bridgehead atoms. The van der Waals surface area contributed by atoms with Crippen LogP contribution in [-0.4, -0.2) is 42.1 Å². The van der Waals surface area contributed by atoms with Crippen molar-refractivity contribution < 1.29 is 9.90 Å². The lowest BCUT2D eigenvalue weighted by Gasteiger charge is -2.18. The van der Waals surface area contributed by atoms with Crippen LogP contribution in [0.1, 0.15) is 29.8 Å². The Hall–Kier alpha value is -1.81. The first-order chi connectivity index (χ1) is 9.63. The van der Waals surface area contributed by atoms with E-state index < -0.39 is 0 Å². The lowest BCUT2D eigenvalue weighted by Crippen LogP contribution is -2.34. The molecule has 0 radical (unpaired) electrons. The Bertz CT molecular complexity index is 454. The molecule has 20 heavy (non-hydrogen) atoms. The molecule has 0 aromatic heterocycles. The van der Waals surface area contributed by atoms with Crippen LogP contribution in [0.3, 0.4) is 0 Å². The van der Waals surface area contributed by atoms with Gasteiger partial charge in [-0.2, -0.15) is 0 Å². The Kier molecular flexibility index (Phi) is 6.81. The van der Waals surface area contributed by atoms with Gasteiger partial charge in [0.2, 0.25) is 0 Å². The second-order valence-corrected chi connectivity index (χ2v) is 4.59. The zero-order valence-corrected chi connectivity index (χ0v) is 12.4. The molecule has 4 heteroatoms. The number of para-hydroxylation sites is 1. The predicted octanol–water partition coefficient (Wildman–Crippen LogP) is 2.19. The molecule has 1 amide bonds. The largest absolute Gasteiger partial charge is 0.507 e. The minimum absolute atomic E-state index is 0.0488. The van der Waals surface area contributed by atoms with Crippen LogP contribution in [0.2, 0.25) is 0 Å². The predicted molar refractivity (Wildman–Crippen MR) is 82.1 cm³/mol. The number of nitrogens with zero attached hydrogens (tertiary/aromatic N) is 1. The van der Waals surface area contributed by atoms with Gasteiger partial charge in [0.25, 0.3) is 5.91 Å². The van der Waals surface area contributed by atoms with Crippen molar-refractivity contribution >= 4 is 5.91 Å². The van der Waals surface area contributed by atoms with Gasteiger partial charge in [0, 0.05) is 13.1 Å². The maximum absolute atomic E-state index is 12.1. The van der Waals surface area contributed by atoms with Gasteiger partial charge in [-0.05, 0) is 31.1 Å². The molecule has 0 spiro atoms. The summed E-state index contributed by atoms with van der Waals surface area (Å²) in [6.07, 6.45) is 2.25. The van der Waals surface area contributed by atoms with Gasteiger partial charge >= 0.3 is 0 Å². The van der Waals surface area contributed by atoms with E-state index in [0.29, 0.717) is 18.5 Å². The van der Waals surface area contributed by atoms with Crippen molar-refractivity contribution in [1.29, 1.82) is 0 Å². The molecule has 1 aromatic rings. The first-order valence-electron chi connectivity index (χ1n) is 7.06. The molecule has 0 aliphatic heterocycles. The number of carbonyl (C=O) groups excluding carboxylic acids is 1. The molecule has 0 saturated carbocycles. The molecule has 110 valence electrons. The van der Waals surface area contributed by atoms with Gasteiger partial charge in [0.05, 0.1) is 5.56 Å². The summed E-state index contributed by atoms with van der Waals surface area (Å²) in [6, 6.07) is 5.20. The molecule has 2 N–H and O–H groups in total. The van der Waals surface area contributed by atoms with Crippen LogP contribution in [0.4, 0.5) is 0 Å². The van der Waals surface area contributed by atoms with E-state index in [9.17, 15) is 9.90 Å². The molecule has 0 unspecified atom stereocenters. The van der Waals surface area contributed by atoms with E-state index in [0.717, 1.165) is 25.2 Å². The molecule has 1 rings (SSSR count). The topological polar surface area (TPSA) is 52.6 Å². The number of nitrogens with one attached hydrogen (secondary N) is 1. The molecule has 0 aliphatic carbocycles. The summed E-state index contributed by atoms with van der Waals surface area (Å²) in [5.74, 6) is -0.187. The van der Waals surface area contributed by atoms with Crippen molar-refractivity contribution in [2.24, 2.45) is 0 Å². The van der Waals surface area contributed by atoms with E-state index >= 15 is 0 Å². The minimum Gasteiger partial charge on any atom is -0.507 e. The Morgan fingerprint density at radius 2 is 2.10 bits per heavy atom. The van der Waals surface area contributed by atoms with Gasteiger partial charge in [-0.25, -0.2) is 0 Å². The summed E-state index contributed by atoms with van der Waals surface area (Å²) in [6.45, 7) is 11.1. The van der Waals surface area contributed by atoms with Crippen molar-refractivity contribution in [3.63, 3.8) is 0 Å². The Labute approximate surface area is 121 Å². The second-order valence-electron chi connectivity index (χ2n) is 4.59. The maximum Gasteiger partial charge on any atom is 0.255 e. The number of hydrogen-bond acceptors (Lipinski definition) is 3. The Balaban J connectivity index is 2.63. The van der Waals surface area contributed by atoms with Crippen LogP contribution in [-0.2, 0) is 6.42 Å². The van der Waals surface area contributed by atoms with Crippen LogP contribution in [0.25, 0.3) is 0 Å². The molecular formula is C16H24N2O2. The third kappa shape index (κ3) is 4.38. The smallest absolute Gasteiger partial charge is 0.255 e. The number of hydrogen-bond donors (Lipinski definition) is 2. The van der Waals surface area contributed by atoms with Gasteiger partial charge in [0.15, 0.2) is 0 Å². The van der Waals surface area contributed by atoms with Gasteiger partial charge in [-0.1, -0.05) is 32.1 Å². The van der Waals surface area contributed by atoms with E-state index in [1.165, 1.54) is 0 Å². The average molecular weight is 276 g/mol. The number of aromatic hydroxyl groups is 1. The summed E-state index contributed by atoms with van der Waals surface area (Å²) in [5, 5.41) is 12.9. The van der Waals surface area contributed by atoms with Gasteiger partial charge in [0.1, 0.15) is 5.75 Å². The highest BCUT2D eigenvalue weighted by atomic mass is 16.3. The summed E-state index contributed by atoms with van der Waals surface area (Å²) in [4.78, 5) is 14.3. The summed E-state index contributed by atoms with van der Waals surface area (Å²) in [7, 11) is 0. The quantitative estimate of drug-likeness (QED) is 0.716. The monoisotopic (exact) mass is 276 g/mol. The molecule has 1 aromatic carbocycles. The fourth-order valence-electron chi connectivity index (χ4n) is 2.06. The number of phenols is 1. The normalized spacial score (nSPS) is 10.6. The minimum atomic E-state index is -0.236. The summed E-state index contributed by atoms with van der Waals surface area (Å²) in [5.41, 5.74) is 1.04. The zero-order chi connectivity index (χ0) is 15.0. The highest BCUT2D eigenvalue weighted by Gasteiger charge is 2.13. The number of allylic oxidation sites excluding steroid dienone is 1.